The largest absolute Gasteiger partial charge is 0.377 e. The molecule has 2 aromatic rings. The van der Waals surface area contributed by atoms with Gasteiger partial charge in [0.2, 0.25) is 0 Å². The van der Waals surface area contributed by atoms with Crippen LogP contribution in [0.3, 0.4) is 0 Å². The van der Waals surface area contributed by atoms with Gasteiger partial charge in [0.25, 0.3) is 5.56 Å². The summed E-state index contributed by atoms with van der Waals surface area (Å²) in [6.45, 7) is 5.53. The van der Waals surface area contributed by atoms with E-state index in [9.17, 15) is 14.0 Å². The van der Waals surface area contributed by atoms with Crippen molar-refractivity contribution in [3.8, 4) is 0 Å². The number of hydrogen-bond donors (Lipinski definition) is 2. The van der Waals surface area contributed by atoms with Crippen LogP contribution in [0.5, 0.6) is 0 Å². The lowest BCUT2D eigenvalue weighted by molar-refractivity contribution is 0.374. The third-order valence-electron chi connectivity index (χ3n) is 3.05. The van der Waals surface area contributed by atoms with Crippen molar-refractivity contribution in [2.45, 2.75) is 32.9 Å². The molecule has 0 radical (unpaired) electrons. The van der Waals surface area contributed by atoms with Gasteiger partial charge in [0.15, 0.2) is 5.82 Å². The zero-order valence-electron chi connectivity index (χ0n) is 12.4. The van der Waals surface area contributed by atoms with E-state index in [1.807, 2.05) is 20.8 Å². The lowest BCUT2D eigenvalue weighted by Crippen LogP contribution is -2.40. The van der Waals surface area contributed by atoms with Gasteiger partial charge in [-0.15, -0.1) is 0 Å². The molecule has 0 spiro atoms. The van der Waals surface area contributed by atoms with Gasteiger partial charge in [-0.3, -0.25) is 19.3 Å². The molecule has 118 valence electrons. The van der Waals surface area contributed by atoms with Gasteiger partial charge in [0.1, 0.15) is 0 Å². The molecule has 0 saturated heterocycles. The molecular weight excluding hydrogens is 311 g/mol. The minimum Gasteiger partial charge on any atom is -0.377 e. The number of nitrogens with zero attached hydrogens (tertiary/aromatic N) is 2. The van der Waals surface area contributed by atoms with Crippen LogP contribution in [0.4, 0.5) is 10.1 Å². The Morgan fingerprint density at radius 1 is 1.36 bits per heavy atom. The summed E-state index contributed by atoms with van der Waals surface area (Å²) in [4.78, 5) is 29.5. The Kier molecular flexibility index (Phi) is 4.37. The Balaban J connectivity index is 2.35. The molecule has 2 heterocycles. The average Bonchev–Trinajstić information content (AvgIpc) is 2.38. The molecular formula is C14H16ClFN4O2. The van der Waals surface area contributed by atoms with Crippen LogP contribution in [-0.2, 0) is 12.1 Å². The molecule has 0 aliphatic heterocycles. The maximum atomic E-state index is 13.6. The van der Waals surface area contributed by atoms with Crippen molar-refractivity contribution in [2.75, 3.05) is 5.32 Å². The van der Waals surface area contributed by atoms with E-state index in [0.717, 1.165) is 6.20 Å². The molecule has 0 atom stereocenters. The van der Waals surface area contributed by atoms with Crippen LogP contribution in [0.15, 0.2) is 28.2 Å². The van der Waals surface area contributed by atoms with Crippen molar-refractivity contribution in [2.24, 2.45) is 0 Å². The molecule has 0 amide bonds. The molecule has 6 nitrogen and oxygen atoms in total. The van der Waals surface area contributed by atoms with Crippen LogP contribution < -0.4 is 16.6 Å². The summed E-state index contributed by atoms with van der Waals surface area (Å²) >= 11 is 5.86. The summed E-state index contributed by atoms with van der Waals surface area (Å²) in [6.07, 6.45) is 3.78. The second-order valence-electron chi connectivity index (χ2n) is 5.79. The topological polar surface area (TPSA) is 79.8 Å². The third-order valence-corrected chi connectivity index (χ3v) is 3.33. The van der Waals surface area contributed by atoms with Gasteiger partial charge in [-0.2, -0.15) is 0 Å². The lowest BCUT2D eigenvalue weighted by Gasteiger charge is -2.22. The van der Waals surface area contributed by atoms with Crippen molar-refractivity contribution in [3.05, 3.63) is 55.8 Å². The van der Waals surface area contributed by atoms with Gasteiger partial charge in [0.05, 0.1) is 22.5 Å². The second kappa shape index (κ2) is 5.92. The van der Waals surface area contributed by atoms with E-state index in [1.165, 1.54) is 17.0 Å². The molecule has 2 N–H and O–H groups in total. The van der Waals surface area contributed by atoms with Gasteiger partial charge in [0, 0.05) is 24.5 Å². The monoisotopic (exact) mass is 326 g/mol. The number of rotatable bonds is 3. The van der Waals surface area contributed by atoms with Crippen LogP contribution in [0.1, 0.15) is 26.3 Å². The molecule has 0 aliphatic rings. The van der Waals surface area contributed by atoms with Gasteiger partial charge in [-0.05, 0) is 20.8 Å². The summed E-state index contributed by atoms with van der Waals surface area (Å²) < 4.78 is 15.0. The maximum Gasteiger partial charge on any atom is 0.328 e. The van der Waals surface area contributed by atoms with E-state index in [1.54, 1.807) is 0 Å². The fraction of sp³-hybridized carbons (Fsp3) is 0.357. The predicted octanol–water partition coefficient (Wildman–Crippen LogP) is 2.09. The van der Waals surface area contributed by atoms with Gasteiger partial charge >= 0.3 is 5.69 Å². The molecule has 22 heavy (non-hydrogen) atoms. The highest BCUT2D eigenvalue weighted by Gasteiger charge is 2.17. The number of anilines is 1. The van der Waals surface area contributed by atoms with Crippen molar-refractivity contribution < 1.29 is 4.39 Å². The molecule has 0 unspecified atom stereocenters. The third kappa shape index (κ3) is 3.36. The summed E-state index contributed by atoms with van der Waals surface area (Å²) in [5, 5.41) is 2.87. The number of pyridine rings is 1. The molecule has 0 bridgehead atoms. The minimum atomic E-state index is -0.618. The highest BCUT2D eigenvalue weighted by molar-refractivity contribution is 6.33. The molecule has 2 aromatic heterocycles. The number of aromatic amines is 1. The Morgan fingerprint density at radius 3 is 2.64 bits per heavy atom. The maximum absolute atomic E-state index is 13.6. The van der Waals surface area contributed by atoms with Crippen molar-refractivity contribution in [1.82, 2.24) is 14.5 Å². The van der Waals surface area contributed by atoms with E-state index in [0.29, 0.717) is 5.56 Å². The molecule has 0 fully saturated rings. The first-order valence-electron chi connectivity index (χ1n) is 6.58. The number of halogens is 2. The zero-order valence-corrected chi connectivity index (χ0v) is 13.2. The molecule has 0 aliphatic carbocycles. The van der Waals surface area contributed by atoms with Gasteiger partial charge in [-0.25, -0.2) is 9.18 Å². The number of aromatic nitrogens is 3. The predicted molar refractivity (Wildman–Crippen MR) is 82.9 cm³/mol. The zero-order chi connectivity index (χ0) is 16.5. The Labute approximate surface area is 131 Å². The summed E-state index contributed by atoms with van der Waals surface area (Å²) in [7, 11) is 0. The van der Waals surface area contributed by atoms with Crippen LogP contribution in [0.25, 0.3) is 0 Å². The fourth-order valence-corrected chi connectivity index (χ4v) is 2.11. The number of nitrogens with one attached hydrogen (secondary N) is 2. The SMILES string of the molecule is CC(C)(C)n1cc(CNc2c(F)cncc2Cl)c(=O)[nH]c1=O. The van der Waals surface area contributed by atoms with E-state index in [-0.39, 0.29) is 17.3 Å². The lowest BCUT2D eigenvalue weighted by atomic mass is 10.1. The van der Waals surface area contributed by atoms with Gasteiger partial charge in [-0.1, -0.05) is 11.6 Å². The minimum absolute atomic E-state index is 0.0202. The van der Waals surface area contributed by atoms with Crippen LogP contribution in [0.2, 0.25) is 5.02 Å². The molecule has 8 heteroatoms. The van der Waals surface area contributed by atoms with Crippen LogP contribution >= 0.6 is 11.6 Å². The Morgan fingerprint density at radius 2 is 2.05 bits per heavy atom. The quantitative estimate of drug-likeness (QED) is 0.905. The van der Waals surface area contributed by atoms with E-state index < -0.39 is 22.6 Å². The van der Waals surface area contributed by atoms with E-state index in [2.05, 4.69) is 15.3 Å². The summed E-state index contributed by atoms with van der Waals surface area (Å²) in [5.41, 5.74) is -1.15. The van der Waals surface area contributed by atoms with E-state index in [4.69, 9.17) is 11.6 Å². The van der Waals surface area contributed by atoms with E-state index >= 15 is 0 Å². The molecule has 2 rings (SSSR count). The molecule has 0 saturated carbocycles. The first-order valence-corrected chi connectivity index (χ1v) is 6.96. The Hall–Kier alpha value is -2.15. The number of hydrogen-bond acceptors (Lipinski definition) is 4. The average molecular weight is 327 g/mol. The summed E-state index contributed by atoms with van der Waals surface area (Å²) in [5.74, 6) is -0.618. The highest BCUT2D eigenvalue weighted by atomic mass is 35.5. The molecule has 0 aromatic carbocycles. The van der Waals surface area contributed by atoms with Crippen molar-refractivity contribution in [1.29, 1.82) is 0 Å². The summed E-state index contributed by atoms with van der Waals surface area (Å²) in [6, 6.07) is 0. The van der Waals surface area contributed by atoms with Crippen molar-refractivity contribution in [3.63, 3.8) is 0 Å². The van der Waals surface area contributed by atoms with Gasteiger partial charge < -0.3 is 5.32 Å². The van der Waals surface area contributed by atoms with Crippen LogP contribution in [0, 0.1) is 5.82 Å². The van der Waals surface area contributed by atoms with Crippen LogP contribution in [-0.4, -0.2) is 14.5 Å². The second-order valence-corrected chi connectivity index (χ2v) is 6.19. The normalized spacial score (nSPS) is 11.5. The first-order chi connectivity index (χ1) is 10.2. The van der Waals surface area contributed by atoms with Crippen molar-refractivity contribution >= 4 is 17.3 Å². The fourth-order valence-electron chi connectivity index (χ4n) is 1.90. The Bertz CT molecular complexity index is 787. The smallest absolute Gasteiger partial charge is 0.328 e. The highest BCUT2D eigenvalue weighted by Crippen LogP contribution is 2.23. The standard InChI is InChI=1S/C14H16ClFN4O2/c1-14(2,3)20-7-8(12(21)19-13(20)22)4-18-11-9(15)5-17-6-10(11)16/h5-7H,4H2,1-3H3,(H,17,18)(H,19,21,22). The first kappa shape index (κ1) is 16.2. The number of H-pyrrole nitrogens is 1.